The Balaban J connectivity index is 1.68. The molecule has 0 saturated heterocycles. The van der Waals surface area contributed by atoms with Crippen LogP contribution in [0.3, 0.4) is 0 Å². The smallest absolute Gasteiger partial charge is 0.164 e. The van der Waals surface area contributed by atoms with Crippen LogP contribution in [0.1, 0.15) is 29.3 Å². The van der Waals surface area contributed by atoms with Crippen molar-refractivity contribution in [2.75, 3.05) is 17.2 Å². The third kappa shape index (κ3) is 2.77. The van der Waals surface area contributed by atoms with Gasteiger partial charge in [-0.3, -0.25) is 4.79 Å². The van der Waals surface area contributed by atoms with Gasteiger partial charge in [-0.05, 0) is 49.2 Å². The molecule has 2 aromatic rings. The Kier molecular flexibility index (Phi) is 3.65. The van der Waals surface area contributed by atoms with Gasteiger partial charge in [0.2, 0.25) is 0 Å². The van der Waals surface area contributed by atoms with Crippen molar-refractivity contribution in [1.82, 2.24) is 0 Å². The normalized spacial score (nSPS) is 16.8. The van der Waals surface area contributed by atoms with Gasteiger partial charge in [-0.25, -0.2) is 0 Å². The summed E-state index contributed by atoms with van der Waals surface area (Å²) in [7, 11) is 0. The van der Waals surface area contributed by atoms with Gasteiger partial charge in [0.05, 0.1) is 0 Å². The predicted molar refractivity (Wildman–Crippen MR) is 86.8 cm³/mol. The average molecular weight is 280 g/mol. The van der Waals surface area contributed by atoms with Crippen molar-refractivity contribution in [3.05, 3.63) is 59.7 Å². The molecule has 0 fully saturated rings. The van der Waals surface area contributed by atoms with Crippen LogP contribution >= 0.6 is 0 Å². The first-order valence-electron chi connectivity index (χ1n) is 7.38. The number of hydrogen-bond acceptors (Lipinski definition) is 3. The van der Waals surface area contributed by atoms with E-state index in [4.69, 9.17) is 5.73 Å². The molecule has 0 amide bonds. The Morgan fingerprint density at radius 3 is 2.67 bits per heavy atom. The zero-order valence-electron chi connectivity index (χ0n) is 12.3. The number of ketones is 1. The van der Waals surface area contributed by atoms with Gasteiger partial charge >= 0.3 is 0 Å². The van der Waals surface area contributed by atoms with Crippen molar-refractivity contribution in [2.24, 2.45) is 0 Å². The largest absolute Gasteiger partial charge is 0.399 e. The molecular weight excluding hydrogens is 260 g/mol. The minimum Gasteiger partial charge on any atom is -0.399 e. The zero-order chi connectivity index (χ0) is 14.8. The van der Waals surface area contributed by atoms with Gasteiger partial charge in [0, 0.05) is 35.9 Å². The van der Waals surface area contributed by atoms with E-state index in [0.717, 1.165) is 18.5 Å². The van der Waals surface area contributed by atoms with E-state index in [9.17, 15) is 4.79 Å². The number of fused-ring (bicyclic) bond motifs is 1. The standard InChI is InChI=1S/C18H20N2O/c1-13-12-15-4-2-3-5-17(15)20(13)11-10-18(21)14-6-8-16(19)9-7-14/h2-9,13H,10-12,19H2,1H3. The summed E-state index contributed by atoms with van der Waals surface area (Å²) >= 11 is 0. The van der Waals surface area contributed by atoms with Crippen LogP contribution in [0.15, 0.2) is 48.5 Å². The maximum absolute atomic E-state index is 12.3. The van der Waals surface area contributed by atoms with Crippen LogP contribution in [0.25, 0.3) is 0 Å². The minimum absolute atomic E-state index is 0.173. The molecule has 0 spiro atoms. The van der Waals surface area contributed by atoms with Gasteiger partial charge in [0.1, 0.15) is 0 Å². The van der Waals surface area contributed by atoms with Crippen LogP contribution < -0.4 is 10.6 Å². The molecule has 3 rings (SSSR count). The summed E-state index contributed by atoms with van der Waals surface area (Å²) < 4.78 is 0. The molecule has 0 saturated carbocycles. The van der Waals surface area contributed by atoms with Gasteiger partial charge in [-0.2, -0.15) is 0 Å². The SMILES string of the molecule is CC1Cc2ccccc2N1CCC(=O)c1ccc(N)cc1. The van der Waals surface area contributed by atoms with E-state index in [1.165, 1.54) is 11.3 Å². The highest BCUT2D eigenvalue weighted by Crippen LogP contribution is 2.31. The Bertz CT molecular complexity index is 649. The summed E-state index contributed by atoms with van der Waals surface area (Å²) in [6.07, 6.45) is 1.59. The topological polar surface area (TPSA) is 46.3 Å². The number of nitrogen functional groups attached to an aromatic ring is 1. The first-order chi connectivity index (χ1) is 10.1. The van der Waals surface area contributed by atoms with Crippen LogP contribution in [0.4, 0.5) is 11.4 Å². The molecule has 1 unspecified atom stereocenters. The van der Waals surface area contributed by atoms with Crippen LogP contribution in [0.2, 0.25) is 0 Å². The third-order valence-corrected chi connectivity index (χ3v) is 4.16. The Labute approximate surface area is 125 Å². The molecule has 0 aliphatic carbocycles. The molecule has 108 valence electrons. The van der Waals surface area contributed by atoms with Crippen LogP contribution in [0.5, 0.6) is 0 Å². The predicted octanol–water partition coefficient (Wildman–Crippen LogP) is 3.29. The molecule has 21 heavy (non-hydrogen) atoms. The first kappa shape index (κ1) is 13.7. The number of para-hydroxylation sites is 1. The summed E-state index contributed by atoms with van der Waals surface area (Å²) in [5, 5.41) is 0. The molecule has 3 heteroatoms. The maximum Gasteiger partial charge on any atom is 0.164 e. The van der Waals surface area contributed by atoms with Crippen LogP contribution in [0, 0.1) is 0 Å². The van der Waals surface area contributed by atoms with E-state index < -0.39 is 0 Å². The zero-order valence-corrected chi connectivity index (χ0v) is 12.3. The van der Waals surface area contributed by atoms with E-state index in [1.54, 1.807) is 24.3 Å². The number of rotatable bonds is 4. The van der Waals surface area contributed by atoms with Gasteiger partial charge in [0.15, 0.2) is 5.78 Å². The van der Waals surface area contributed by atoms with Gasteiger partial charge in [-0.15, -0.1) is 0 Å². The Morgan fingerprint density at radius 2 is 1.90 bits per heavy atom. The van der Waals surface area contributed by atoms with Crippen molar-refractivity contribution in [1.29, 1.82) is 0 Å². The molecule has 1 aliphatic rings. The monoisotopic (exact) mass is 280 g/mol. The van der Waals surface area contributed by atoms with Crippen molar-refractivity contribution >= 4 is 17.2 Å². The number of carbonyl (C=O) groups is 1. The van der Waals surface area contributed by atoms with Crippen molar-refractivity contribution < 1.29 is 4.79 Å². The van der Waals surface area contributed by atoms with Crippen molar-refractivity contribution in [2.45, 2.75) is 25.8 Å². The number of benzene rings is 2. The highest BCUT2D eigenvalue weighted by molar-refractivity contribution is 5.96. The summed E-state index contributed by atoms with van der Waals surface area (Å²) in [5.74, 6) is 0.173. The maximum atomic E-state index is 12.3. The summed E-state index contributed by atoms with van der Waals surface area (Å²) in [6.45, 7) is 2.98. The highest BCUT2D eigenvalue weighted by Gasteiger charge is 2.25. The lowest BCUT2D eigenvalue weighted by Crippen LogP contribution is -2.31. The lowest BCUT2D eigenvalue weighted by atomic mass is 10.1. The average Bonchev–Trinajstić information content (AvgIpc) is 2.81. The molecule has 1 heterocycles. The van der Waals surface area contributed by atoms with Gasteiger partial charge in [0.25, 0.3) is 0 Å². The third-order valence-electron chi connectivity index (χ3n) is 4.16. The second-order valence-corrected chi connectivity index (χ2v) is 5.67. The first-order valence-corrected chi connectivity index (χ1v) is 7.38. The fourth-order valence-electron chi connectivity index (χ4n) is 3.01. The minimum atomic E-state index is 0.173. The number of carbonyl (C=O) groups excluding carboxylic acids is 1. The molecule has 2 aromatic carbocycles. The van der Waals surface area contributed by atoms with Crippen LogP contribution in [-0.4, -0.2) is 18.4 Å². The lowest BCUT2D eigenvalue weighted by Gasteiger charge is -2.24. The number of hydrogen-bond donors (Lipinski definition) is 1. The van der Waals surface area contributed by atoms with E-state index >= 15 is 0 Å². The van der Waals surface area contributed by atoms with Crippen LogP contribution in [-0.2, 0) is 6.42 Å². The van der Waals surface area contributed by atoms with Crippen molar-refractivity contribution in [3.63, 3.8) is 0 Å². The van der Waals surface area contributed by atoms with Crippen molar-refractivity contribution in [3.8, 4) is 0 Å². The molecule has 2 N–H and O–H groups in total. The molecule has 3 nitrogen and oxygen atoms in total. The second kappa shape index (κ2) is 5.60. The summed E-state index contributed by atoms with van der Waals surface area (Å²) in [4.78, 5) is 14.6. The number of nitrogens with zero attached hydrogens (tertiary/aromatic N) is 1. The quantitative estimate of drug-likeness (QED) is 0.690. The number of nitrogens with two attached hydrogens (primary N) is 1. The molecule has 1 atom stereocenters. The molecule has 0 aromatic heterocycles. The molecule has 1 aliphatic heterocycles. The van der Waals surface area contributed by atoms with Gasteiger partial charge < -0.3 is 10.6 Å². The summed E-state index contributed by atoms with van der Waals surface area (Å²) in [5.41, 5.74) is 9.73. The Hall–Kier alpha value is -2.29. The highest BCUT2D eigenvalue weighted by atomic mass is 16.1. The fraction of sp³-hybridized carbons (Fsp3) is 0.278. The number of anilines is 2. The summed E-state index contributed by atoms with van der Waals surface area (Å²) in [6, 6.07) is 16.1. The fourth-order valence-corrected chi connectivity index (χ4v) is 3.01. The van der Waals surface area contributed by atoms with E-state index in [-0.39, 0.29) is 5.78 Å². The van der Waals surface area contributed by atoms with E-state index in [0.29, 0.717) is 18.2 Å². The molecule has 0 bridgehead atoms. The van der Waals surface area contributed by atoms with Gasteiger partial charge in [-0.1, -0.05) is 18.2 Å². The van der Waals surface area contributed by atoms with E-state index in [2.05, 4.69) is 36.1 Å². The number of Topliss-reactive ketones (excluding diaryl/α,β-unsaturated/α-hetero) is 1. The Morgan fingerprint density at radius 1 is 1.19 bits per heavy atom. The van der Waals surface area contributed by atoms with E-state index in [1.807, 2.05) is 0 Å². The molecular formula is C18H20N2O. The lowest BCUT2D eigenvalue weighted by molar-refractivity contribution is 0.0984. The molecule has 0 radical (unpaired) electrons. The second-order valence-electron chi connectivity index (χ2n) is 5.67.